The molecular weight excluding hydrogens is 330 g/mol. The van der Waals surface area contributed by atoms with Crippen LogP contribution in [0.15, 0.2) is 70.5 Å². The molecule has 0 saturated heterocycles. The Morgan fingerprint density at radius 2 is 1.69 bits per heavy atom. The maximum absolute atomic E-state index is 13.0. The van der Waals surface area contributed by atoms with Crippen molar-refractivity contribution in [3.63, 3.8) is 0 Å². The van der Waals surface area contributed by atoms with Crippen LogP contribution in [-0.4, -0.2) is 28.6 Å². The van der Waals surface area contributed by atoms with Gasteiger partial charge in [0.1, 0.15) is 0 Å². The Morgan fingerprint density at radius 1 is 1.08 bits per heavy atom. The van der Waals surface area contributed by atoms with E-state index in [1.807, 2.05) is 60.7 Å². The number of benzene rings is 2. The first-order valence-electron chi connectivity index (χ1n) is 8.17. The highest BCUT2D eigenvalue weighted by Crippen LogP contribution is 2.15. The van der Waals surface area contributed by atoms with Gasteiger partial charge in [-0.1, -0.05) is 36.4 Å². The number of aromatic amines is 1. The van der Waals surface area contributed by atoms with Gasteiger partial charge < -0.3 is 4.74 Å². The van der Waals surface area contributed by atoms with Gasteiger partial charge >= 0.3 is 5.97 Å². The van der Waals surface area contributed by atoms with Crippen molar-refractivity contribution in [2.45, 2.75) is 13.3 Å². The highest BCUT2D eigenvalue weighted by molar-refractivity contribution is 6.01. The van der Waals surface area contributed by atoms with Gasteiger partial charge in [0.15, 0.2) is 0 Å². The largest absolute Gasteiger partial charge is 0.469 e. The molecule has 0 aliphatic heterocycles. The molecule has 0 bridgehead atoms. The third-order valence-corrected chi connectivity index (χ3v) is 3.94. The fourth-order valence-corrected chi connectivity index (χ4v) is 2.71. The van der Waals surface area contributed by atoms with E-state index >= 15 is 0 Å². The minimum Gasteiger partial charge on any atom is -0.469 e. The predicted octanol–water partition coefficient (Wildman–Crippen LogP) is 3.02. The number of para-hydroxylation sites is 2. The number of esters is 1. The molecule has 6 nitrogen and oxygen atoms in total. The van der Waals surface area contributed by atoms with Crippen LogP contribution in [0.3, 0.4) is 0 Å². The van der Waals surface area contributed by atoms with Gasteiger partial charge in [-0.15, -0.1) is 0 Å². The smallest absolute Gasteiger partial charge is 0.311 e. The second-order valence-electron chi connectivity index (χ2n) is 5.73. The summed E-state index contributed by atoms with van der Waals surface area (Å²) in [5.74, 6) is -0.430. The van der Waals surface area contributed by atoms with Gasteiger partial charge in [0.2, 0.25) is 0 Å². The topological polar surface area (TPSA) is 76.5 Å². The summed E-state index contributed by atoms with van der Waals surface area (Å²) < 4.78 is 6.17. The van der Waals surface area contributed by atoms with Crippen molar-refractivity contribution in [1.82, 2.24) is 9.78 Å². The number of ether oxygens (including phenoxy) is 1. The molecule has 0 aliphatic carbocycles. The lowest BCUT2D eigenvalue weighted by atomic mass is 10.1. The van der Waals surface area contributed by atoms with E-state index in [0.29, 0.717) is 22.7 Å². The van der Waals surface area contributed by atoms with Crippen molar-refractivity contribution in [1.29, 1.82) is 0 Å². The number of H-pyrrole nitrogens is 1. The average Bonchev–Trinajstić information content (AvgIpc) is 2.99. The number of hydrogen-bond acceptors (Lipinski definition) is 4. The number of aromatic nitrogens is 2. The lowest BCUT2D eigenvalue weighted by Gasteiger charge is -2.02. The van der Waals surface area contributed by atoms with E-state index < -0.39 is 5.97 Å². The van der Waals surface area contributed by atoms with Crippen LogP contribution in [0.2, 0.25) is 0 Å². The molecule has 3 rings (SSSR count). The van der Waals surface area contributed by atoms with Crippen LogP contribution in [0.5, 0.6) is 0 Å². The van der Waals surface area contributed by atoms with Crippen molar-refractivity contribution in [3.8, 4) is 5.69 Å². The Bertz CT molecular complexity index is 986. The zero-order valence-electron chi connectivity index (χ0n) is 14.6. The highest BCUT2D eigenvalue weighted by atomic mass is 16.5. The molecule has 2 aromatic carbocycles. The minimum absolute atomic E-state index is 0.0391. The van der Waals surface area contributed by atoms with Crippen molar-refractivity contribution in [2.75, 3.05) is 7.11 Å². The molecule has 0 fully saturated rings. The van der Waals surface area contributed by atoms with E-state index in [0.717, 1.165) is 5.69 Å². The van der Waals surface area contributed by atoms with Crippen LogP contribution in [0.1, 0.15) is 18.2 Å². The van der Waals surface area contributed by atoms with Gasteiger partial charge in [0.05, 0.1) is 41.9 Å². The molecule has 0 spiro atoms. The van der Waals surface area contributed by atoms with E-state index in [4.69, 9.17) is 4.74 Å². The van der Waals surface area contributed by atoms with Crippen molar-refractivity contribution in [3.05, 3.63) is 82.3 Å². The number of nitrogens with one attached hydrogen (secondary N) is 1. The molecule has 0 amide bonds. The molecule has 0 atom stereocenters. The summed E-state index contributed by atoms with van der Waals surface area (Å²) in [6.07, 6.45) is -0.0391. The van der Waals surface area contributed by atoms with E-state index in [-0.39, 0.29) is 12.0 Å². The van der Waals surface area contributed by atoms with Gasteiger partial charge in [-0.25, -0.2) is 4.68 Å². The summed E-state index contributed by atoms with van der Waals surface area (Å²) in [6.45, 7) is 1.76. The standard InChI is InChI=1S/C20H19N3O3/c1-14(21-15-9-5-3-6-10-15)19-17(13-18(24)26-2)22-23(20(19)25)16-11-7-4-8-12-16/h3-12,22H,13H2,1-2H3. The molecular formula is C20H19N3O3. The van der Waals surface area contributed by atoms with Gasteiger partial charge in [-0.3, -0.25) is 19.7 Å². The number of aliphatic imine (C=N–C) groups is 1. The predicted molar refractivity (Wildman–Crippen MR) is 100 cm³/mol. The molecule has 0 unspecified atom stereocenters. The summed E-state index contributed by atoms with van der Waals surface area (Å²) in [6, 6.07) is 18.5. The summed E-state index contributed by atoms with van der Waals surface area (Å²) in [5.41, 5.74) is 2.55. The van der Waals surface area contributed by atoms with Gasteiger partial charge in [-0.05, 0) is 31.2 Å². The number of carbonyl (C=O) groups is 1. The zero-order valence-corrected chi connectivity index (χ0v) is 14.6. The van der Waals surface area contributed by atoms with E-state index in [1.165, 1.54) is 11.8 Å². The van der Waals surface area contributed by atoms with Gasteiger partial charge in [0.25, 0.3) is 5.56 Å². The molecule has 6 heteroatoms. The molecule has 1 aromatic heterocycles. The second-order valence-corrected chi connectivity index (χ2v) is 5.73. The Balaban J connectivity index is 2.13. The fourth-order valence-electron chi connectivity index (χ4n) is 2.71. The first kappa shape index (κ1) is 17.4. The number of hydrogen-bond donors (Lipinski definition) is 1. The van der Waals surface area contributed by atoms with Gasteiger partial charge in [0, 0.05) is 0 Å². The lowest BCUT2D eigenvalue weighted by Crippen LogP contribution is -2.20. The lowest BCUT2D eigenvalue weighted by molar-refractivity contribution is -0.139. The number of carbonyl (C=O) groups excluding carboxylic acids is 1. The summed E-state index contributed by atoms with van der Waals surface area (Å²) >= 11 is 0. The van der Waals surface area contributed by atoms with E-state index in [9.17, 15) is 9.59 Å². The van der Waals surface area contributed by atoms with Crippen LogP contribution < -0.4 is 5.56 Å². The molecule has 3 aromatic rings. The van der Waals surface area contributed by atoms with Crippen LogP contribution >= 0.6 is 0 Å². The Labute approximate surface area is 150 Å². The Morgan fingerprint density at radius 3 is 2.31 bits per heavy atom. The van der Waals surface area contributed by atoms with Crippen molar-refractivity contribution < 1.29 is 9.53 Å². The van der Waals surface area contributed by atoms with Crippen LogP contribution in [0.25, 0.3) is 5.69 Å². The normalized spacial score (nSPS) is 11.4. The third kappa shape index (κ3) is 3.64. The third-order valence-electron chi connectivity index (χ3n) is 3.94. The maximum Gasteiger partial charge on any atom is 0.311 e. The molecule has 132 valence electrons. The first-order valence-corrected chi connectivity index (χ1v) is 8.17. The molecule has 0 saturated carbocycles. The fraction of sp³-hybridized carbons (Fsp3) is 0.150. The Kier molecular flexibility index (Phi) is 5.12. The van der Waals surface area contributed by atoms with Crippen molar-refractivity contribution in [2.24, 2.45) is 4.99 Å². The molecule has 0 aliphatic rings. The average molecular weight is 349 g/mol. The first-order chi connectivity index (χ1) is 12.6. The molecule has 26 heavy (non-hydrogen) atoms. The maximum atomic E-state index is 13.0. The Hall–Kier alpha value is -3.41. The summed E-state index contributed by atoms with van der Waals surface area (Å²) in [4.78, 5) is 29.3. The monoisotopic (exact) mass is 349 g/mol. The summed E-state index contributed by atoms with van der Waals surface area (Å²) in [5, 5.41) is 3.02. The van der Waals surface area contributed by atoms with Crippen molar-refractivity contribution >= 4 is 17.4 Å². The molecule has 0 radical (unpaired) electrons. The van der Waals surface area contributed by atoms with E-state index in [2.05, 4.69) is 10.1 Å². The number of nitrogens with zero attached hydrogens (tertiary/aromatic N) is 2. The zero-order chi connectivity index (χ0) is 18.5. The molecule has 1 heterocycles. The van der Waals surface area contributed by atoms with Crippen LogP contribution in [0, 0.1) is 0 Å². The molecule has 1 N–H and O–H groups in total. The summed E-state index contributed by atoms with van der Waals surface area (Å²) in [7, 11) is 1.32. The quantitative estimate of drug-likeness (QED) is 0.568. The minimum atomic E-state index is -0.430. The number of methoxy groups -OCH3 is 1. The van der Waals surface area contributed by atoms with Gasteiger partial charge in [-0.2, -0.15) is 0 Å². The highest BCUT2D eigenvalue weighted by Gasteiger charge is 2.20. The van der Waals surface area contributed by atoms with Crippen LogP contribution in [-0.2, 0) is 16.0 Å². The van der Waals surface area contributed by atoms with E-state index in [1.54, 1.807) is 6.92 Å². The second kappa shape index (κ2) is 7.65. The number of rotatable bonds is 5. The SMILES string of the molecule is COC(=O)Cc1[nH]n(-c2ccccc2)c(=O)c1C(C)=Nc1ccccc1. The van der Waals surface area contributed by atoms with Crippen LogP contribution in [0.4, 0.5) is 5.69 Å².